The van der Waals surface area contributed by atoms with Gasteiger partial charge in [-0.1, -0.05) is 18.2 Å². The molecule has 1 aromatic carbocycles. The summed E-state index contributed by atoms with van der Waals surface area (Å²) in [5.74, 6) is -1.24. The van der Waals surface area contributed by atoms with Crippen molar-refractivity contribution in [2.75, 3.05) is 0 Å². The van der Waals surface area contributed by atoms with Gasteiger partial charge < -0.3 is 14.9 Å². The number of hydrogen-bond acceptors (Lipinski definition) is 4. The van der Waals surface area contributed by atoms with Crippen LogP contribution in [0.15, 0.2) is 34.5 Å². The molecule has 0 radical (unpaired) electrons. The van der Waals surface area contributed by atoms with E-state index in [1.165, 1.54) is 6.07 Å². The Morgan fingerprint density at radius 1 is 1.27 bits per heavy atom. The molecular weight excluding hydrogens is 264 g/mol. The van der Waals surface area contributed by atoms with Crippen LogP contribution in [0.1, 0.15) is 11.7 Å². The zero-order valence-electron chi connectivity index (χ0n) is 7.48. The van der Waals surface area contributed by atoms with Crippen LogP contribution in [-0.2, 0) is 9.53 Å². The number of cyclic esters (lactones) is 1. The highest BCUT2D eigenvalue weighted by Crippen LogP contribution is 2.40. The number of aliphatic hydroxyl groups excluding tert-OH is 1. The molecular formula is C10H7BrO4. The molecule has 0 fully saturated rings. The van der Waals surface area contributed by atoms with E-state index in [-0.39, 0.29) is 10.2 Å². The standard InChI is InChI=1S/C10H7BrO4/c11-7-8(13)10(14)15-9(7)5-3-1-2-4-6(5)12/h1-4,9,12-13H. The van der Waals surface area contributed by atoms with E-state index in [0.29, 0.717) is 5.56 Å². The molecule has 0 aromatic heterocycles. The fourth-order valence-electron chi connectivity index (χ4n) is 1.35. The summed E-state index contributed by atoms with van der Waals surface area (Å²) >= 11 is 3.05. The van der Waals surface area contributed by atoms with Gasteiger partial charge in [0.1, 0.15) is 5.75 Å². The third-order valence-corrected chi connectivity index (χ3v) is 2.89. The van der Waals surface area contributed by atoms with Crippen molar-refractivity contribution in [3.63, 3.8) is 0 Å². The zero-order valence-corrected chi connectivity index (χ0v) is 9.06. The lowest BCUT2D eigenvalue weighted by atomic mass is 10.1. The van der Waals surface area contributed by atoms with Gasteiger partial charge in [0.15, 0.2) is 6.10 Å². The van der Waals surface area contributed by atoms with Gasteiger partial charge in [0.2, 0.25) is 5.76 Å². The Balaban J connectivity index is 2.44. The predicted molar refractivity (Wildman–Crippen MR) is 55.5 cm³/mol. The van der Waals surface area contributed by atoms with Crippen LogP contribution in [-0.4, -0.2) is 16.2 Å². The minimum absolute atomic E-state index is 0.0157. The van der Waals surface area contributed by atoms with Crippen molar-refractivity contribution in [3.8, 4) is 5.75 Å². The Bertz CT molecular complexity index is 452. The molecule has 0 amide bonds. The van der Waals surface area contributed by atoms with Gasteiger partial charge in [0.25, 0.3) is 0 Å². The molecule has 4 nitrogen and oxygen atoms in total. The van der Waals surface area contributed by atoms with Gasteiger partial charge in [-0.05, 0) is 22.0 Å². The molecule has 0 bridgehead atoms. The van der Waals surface area contributed by atoms with Crippen molar-refractivity contribution in [2.24, 2.45) is 0 Å². The summed E-state index contributed by atoms with van der Waals surface area (Å²) < 4.78 is 5.11. The molecule has 1 aromatic rings. The molecule has 1 heterocycles. The van der Waals surface area contributed by atoms with Gasteiger partial charge in [-0.3, -0.25) is 0 Å². The lowest BCUT2D eigenvalue weighted by Gasteiger charge is -2.11. The summed E-state index contributed by atoms with van der Waals surface area (Å²) in [4.78, 5) is 11.0. The van der Waals surface area contributed by atoms with E-state index in [1.54, 1.807) is 18.2 Å². The van der Waals surface area contributed by atoms with Crippen molar-refractivity contribution in [1.82, 2.24) is 0 Å². The number of phenols is 1. The summed E-state index contributed by atoms with van der Waals surface area (Å²) in [7, 11) is 0. The number of para-hydroxylation sites is 1. The maximum Gasteiger partial charge on any atom is 0.375 e. The first-order valence-electron chi connectivity index (χ1n) is 4.18. The molecule has 0 spiro atoms. The normalized spacial score (nSPS) is 20.6. The Labute approximate surface area is 93.9 Å². The number of ether oxygens (including phenoxy) is 1. The smallest absolute Gasteiger partial charge is 0.375 e. The first-order valence-corrected chi connectivity index (χ1v) is 4.98. The number of aliphatic hydroxyl groups is 1. The van der Waals surface area contributed by atoms with Gasteiger partial charge >= 0.3 is 5.97 Å². The molecule has 1 atom stereocenters. The molecule has 2 N–H and O–H groups in total. The van der Waals surface area contributed by atoms with Crippen molar-refractivity contribution >= 4 is 21.9 Å². The van der Waals surface area contributed by atoms with Crippen molar-refractivity contribution in [1.29, 1.82) is 0 Å². The molecule has 0 saturated heterocycles. The molecule has 1 unspecified atom stereocenters. The minimum Gasteiger partial charge on any atom is -0.508 e. The van der Waals surface area contributed by atoms with Crippen molar-refractivity contribution in [3.05, 3.63) is 40.1 Å². The van der Waals surface area contributed by atoms with E-state index in [2.05, 4.69) is 15.9 Å². The minimum atomic E-state index is -0.796. The number of rotatable bonds is 1. The van der Waals surface area contributed by atoms with Gasteiger partial charge in [-0.15, -0.1) is 0 Å². The van der Waals surface area contributed by atoms with Crippen LogP contribution in [0.5, 0.6) is 5.75 Å². The van der Waals surface area contributed by atoms with Gasteiger partial charge in [0, 0.05) is 5.56 Å². The highest BCUT2D eigenvalue weighted by atomic mass is 79.9. The van der Waals surface area contributed by atoms with Crippen LogP contribution in [0.3, 0.4) is 0 Å². The topological polar surface area (TPSA) is 66.8 Å². The Kier molecular flexibility index (Phi) is 2.40. The first kappa shape index (κ1) is 10.0. The third kappa shape index (κ3) is 1.59. The zero-order chi connectivity index (χ0) is 11.0. The molecule has 15 heavy (non-hydrogen) atoms. The predicted octanol–water partition coefficient (Wildman–Crippen LogP) is 2.15. The molecule has 0 saturated carbocycles. The van der Waals surface area contributed by atoms with Gasteiger partial charge in [-0.2, -0.15) is 0 Å². The molecule has 2 rings (SSSR count). The molecule has 0 aliphatic carbocycles. The number of carbonyl (C=O) groups is 1. The van der Waals surface area contributed by atoms with E-state index < -0.39 is 17.8 Å². The lowest BCUT2D eigenvalue weighted by molar-refractivity contribution is -0.142. The maximum atomic E-state index is 11.0. The van der Waals surface area contributed by atoms with E-state index in [4.69, 9.17) is 4.74 Å². The van der Waals surface area contributed by atoms with Crippen LogP contribution in [0.2, 0.25) is 0 Å². The van der Waals surface area contributed by atoms with Crippen molar-refractivity contribution < 1.29 is 19.7 Å². The summed E-state index contributed by atoms with van der Waals surface area (Å²) in [6.07, 6.45) is -0.765. The fourth-order valence-corrected chi connectivity index (χ4v) is 1.85. The fraction of sp³-hybridized carbons (Fsp3) is 0.100. The first-order chi connectivity index (χ1) is 7.11. The molecule has 1 aliphatic rings. The number of phenolic OH excluding ortho intramolecular Hbond substituents is 1. The number of benzene rings is 1. The second-order valence-electron chi connectivity index (χ2n) is 3.04. The molecule has 78 valence electrons. The Morgan fingerprint density at radius 2 is 1.93 bits per heavy atom. The number of esters is 1. The average molecular weight is 271 g/mol. The SMILES string of the molecule is O=C1OC(c2ccccc2O)C(Br)=C1O. The third-order valence-electron chi connectivity index (χ3n) is 2.09. The van der Waals surface area contributed by atoms with Crippen LogP contribution >= 0.6 is 15.9 Å². The number of halogens is 1. The van der Waals surface area contributed by atoms with Crippen LogP contribution in [0.25, 0.3) is 0 Å². The largest absolute Gasteiger partial charge is 0.508 e. The van der Waals surface area contributed by atoms with Gasteiger partial charge in [0.05, 0.1) is 4.48 Å². The molecule has 5 heteroatoms. The highest BCUT2D eigenvalue weighted by Gasteiger charge is 2.35. The van der Waals surface area contributed by atoms with Gasteiger partial charge in [-0.25, -0.2) is 4.79 Å². The number of aromatic hydroxyl groups is 1. The van der Waals surface area contributed by atoms with Crippen LogP contribution < -0.4 is 0 Å². The molecule has 1 aliphatic heterocycles. The highest BCUT2D eigenvalue weighted by molar-refractivity contribution is 9.11. The number of carbonyl (C=O) groups excluding carboxylic acids is 1. The van der Waals surface area contributed by atoms with Crippen LogP contribution in [0, 0.1) is 0 Å². The van der Waals surface area contributed by atoms with Crippen LogP contribution in [0.4, 0.5) is 0 Å². The van der Waals surface area contributed by atoms with Crippen molar-refractivity contribution in [2.45, 2.75) is 6.10 Å². The average Bonchev–Trinajstić information content (AvgIpc) is 2.47. The quantitative estimate of drug-likeness (QED) is 0.768. The second-order valence-corrected chi connectivity index (χ2v) is 3.90. The van der Waals surface area contributed by atoms with E-state index in [0.717, 1.165) is 0 Å². The maximum absolute atomic E-state index is 11.0. The summed E-state index contributed by atoms with van der Waals surface area (Å²) in [5, 5.41) is 18.8. The Morgan fingerprint density at radius 3 is 2.47 bits per heavy atom. The van der Waals surface area contributed by atoms with E-state index >= 15 is 0 Å². The second kappa shape index (κ2) is 3.58. The Hall–Kier alpha value is -1.49. The monoisotopic (exact) mass is 270 g/mol. The summed E-state index contributed by atoms with van der Waals surface area (Å²) in [5.41, 5.74) is 0.432. The summed E-state index contributed by atoms with van der Waals surface area (Å²) in [6, 6.07) is 6.47. The van der Waals surface area contributed by atoms with E-state index in [1.807, 2.05) is 0 Å². The lowest BCUT2D eigenvalue weighted by Crippen LogP contribution is -2.02. The van der Waals surface area contributed by atoms with E-state index in [9.17, 15) is 15.0 Å². The number of hydrogen-bond donors (Lipinski definition) is 2. The summed E-state index contributed by atoms with van der Waals surface area (Å²) in [6.45, 7) is 0.